The lowest BCUT2D eigenvalue weighted by Crippen LogP contribution is -2.31. The Kier molecular flexibility index (Phi) is 11.7. The highest BCUT2D eigenvalue weighted by molar-refractivity contribution is 5.85. The van der Waals surface area contributed by atoms with Crippen molar-refractivity contribution in [3.05, 3.63) is 29.8 Å². The zero-order valence-corrected chi connectivity index (χ0v) is 16.0. The molecule has 1 aromatic carbocycles. The highest BCUT2D eigenvalue weighted by Crippen LogP contribution is 2.16. The molecule has 0 aromatic heterocycles. The molecule has 142 valence electrons. The third kappa shape index (κ3) is 9.94. The van der Waals surface area contributed by atoms with E-state index in [4.69, 9.17) is 15.2 Å². The molecule has 1 atom stereocenters. The van der Waals surface area contributed by atoms with Gasteiger partial charge in [-0.15, -0.1) is 12.4 Å². The number of ether oxygens (including phenoxy) is 2. The van der Waals surface area contributed by atoms with Gasteiger partial charge in [0.1, 0.15) is 13.2 Å². The Hall–Kier alpha value is -1.79. The molecule has 0 radical (unpaired) electrons. The van der Waals surface area contributed by atoms with Gasteiger partial charge >= 0.3 is 11.9 Å². The van der Waals surface area contributed by atoms with Gasteiger partial charge in [-0.1, -0.05) is 19.1 Å². The summed E-state index contributed by atoms with van der Waals surface area (Å²) in [5.74, 6) is -0.613. The number of halogens is 1. The van der Waals surface area contributed by atoms with Crippen molar-refractivity contribution in [1.82, 2.24) is 0 Å². The third-order valence-corrected chi connectivity index (χ3v) is 3.66. The van der Waals surface area contributed by atoms with Gasteiger partial charge in [-0.05, 0) is 30.5 Å². The van der Waals surface area contributed by atoms with Gasteiger partial charge in [-0.3, -0.25) is 9.59 Å². The first kappa shape index (κ1) is 23.2. The normalized spacial score (nSPS) is 11.2. The Balaban J connectivity index is 0.00000576. The summed E-state index contributed by atoms with van der Waals surface area (Å²) in [7, 11) is 0. The maximum absolute atomic E-state index is 10.9. The van der Waals surface area contributed by atoms with Gasteiger partial charge < -0.3 is 20.1 Å². The molecule has 0 bridgehead atoms. The van der Waals surface area contributed by atoms with Gasteiger partial charge in [0.15, 0.2) is 0 Å². The van der Waals surface area contributed by atoms with Crippen LogP contribution in [-0.2, 0) is 25.5 Å². The summed E-state index contributed by atoms with van der Waals surface area (Å²) in [5.41, 5.74) is 8.16. The fraction of sp³-hybridized carbons (Fsp3) is 0.556. The minimum Gasteiger partial charge on any atom is -0.464 e. The van der Waals surface area contributed by atoms with E-state index in [1.807, 2.05) is 17.0 Å². The van der Waals surface area contributed by atoms with E-state index in [1.165, 1.54) is 19.4 Å². The van der Waals surface area contributed by atoms with Crippen LogP contribution < -0.4 is 10.6 Å². The summed E-state index contributed by atoms with van der Waals surface area (Å²) < 4.78 is 10.0. The summed E-state index contributed by atoms with van der Waals surface area (Å²) in [6.45, 7) is 6.49. The van der Waals surface area contributed by atoms with Crippen LogP contribution in [0.15, 0.2) is 24.3 Å². The predicted molar refractivity (Wildman–Crippen MR) is 101 cm³/mol. The van der Waals surface area contributed by atoms with Gasteiger partial charge in [0.25, 0.3) is 0 Å². The molecule has 0 aliphatic rings. The lowest BCUT2D eigenvalue weighted by Gasteiger charge is -2.24. The van der Waals surface area contributed by atoms with Crippen LogP contribution in [-0.4, -0.2) is 44.3 Å². The zero-order valence-electron chi connectivity index (χ0n) is 15.2. The fourth-order valence-electron chi connectivity index (χ4n) is 2.26. The maximum atomic E-state index is 10.9. The molecule has 2 N–H and O–H groups in total. The van der Waals surface area contributed by atoms with Crippen molar-refractivity contribution in [1.29, 1.82) is 0 Å². The first-order chi connectivity index (χ1) is 11.4. The summed E-state index contributed by atoms with van der Waals surface area (Å²) in [6, 6.07) is 8.30. The Bertz CT molecular complexity index is 502. The average Bonchev–Trinajstić information content (AvgIpc) is 2.53. The van der Waals surface area contributed by atoms with E-state index in [0.29, 0.717) is 13.1 Å². The molecule has 0 amide bonds. The monoisotopic (exact) mass is 372 g/mol. The van der Waals surface area contributed by atoms with Gasteiger partial charge in [0.2, 0.25) is 0 Å². The molecule has 0 saturated carbocycles. The van der Waals surface area contributed by atoms with E-state index in [1.54, 1.807) is 0 Å². The SMILES string of the molecule is CCC(N)Cc1ccc(N(CCOC(C)=O)CCOC(C)=O)cc1.Cl. The largest absolute Gasteiger partial charge is 0.464 e. The number of nitrogens with zero attached hydrogens (tertiary/aromatic N) is 1. The summed E-state index contributed by atoms with van der Waals surface area (Å²) in [4.78, 5) is 23.9. The van der Waals surface area contributed by atoms with Crippen LogP contribution in [0.4, 0.5) is 5.69 Å². The van der Waals surface area contributed by atoms with Crippen molar-refractivity contribution in [2.24, 2.45) is 5.73 Å². The minimum absolute atomic E-state index is 0. The number of carbonyl (C=O) groups excluding carboxylic acids is 2. The molecule has 0 aliphatic heterocycles. The first-order valence-corrected chi connectivity index (χ1v) is 8.28. The van der Waals surface area contributed by atoms with Gasteiger partial charge in [-0.2, -0.15) is 0 Å². The van der Waals surface area contributed by atoms with E-state index < -0.39 is 0 Å². The number of hydrogen-bond acceptors (Lipinski definition) is 6. The molecular weight excluding hydrogens is 344 g/mol. The summed E-state index contributed by atoms with van der Waals surface area (Å²) in [6.07, 6.45) is 1.79. The van der Waals surface area contributed by atoms with Crippen LogP contribution in [0.1, 0.15) is 32.8 Å². The molecule has 6 nitrogen and oxygen atoms in total. The Morgan fingerprint density at radius 2 is 1.52 bits per heavy atom. The molecule has 0 saturated heterocycles. The van der Waals surface area contributed by atoms with Crippen LogP contribution in [0.2, 0.25) is 0 Å². The van der Waals surface area contributed by atoms with Crippen LogP contribution in [0.3, 0.4) is 0 Å². The van der Waals surface area contributed by atoms with Crippen LogP contribution >= 0.6 is 12.4 Å². The highest BCUT2D eigenvalue weighted by atomic mass is 35.5. The second-order valence-corrected chi connectivity index (χ2v) is 5.71. The fourth-order valence-corrected chi connectivity index (χ4v) is 2.26. The van der Waals surface area contributed by atoms with E-state index in [-0.39, 0.29) is 43.6 Å². The van der Waals surface area contributed by atoms with Crippen molar-refractivity contribution >= 4 is 30.0 Å². The van der Waals surface area contributed by atoms with E-state index in [2.05, 4.69) is 19.1 Å². The van der Waals surface area contributed by atoms with Gasteiger partial charge in [0.05, 0.1) is 13.1 Å². The van der Waals surface area contributed by atoms with E-state index in [0.717, 1.165) is 18.5 Å². The van der Waals surface area contributed by atoms with Crippen molar-refractivity contribution in [3.8, 4) is 0 Å². The Morgan fingerprint density at radius 1 is 1.04 bits per heavy atom. The molecule has 0 fully saturated rings. The van der Waals surface area contributed by atoms with E-state index >= 15 is 0 Å². The van der Waals surface area contributed by atoms with E-state index in [9.17, 15) is 9.59 Å². The number of hydrogen-bond donors (Lipinski definition) is 1. The maximum Gasteiger partial charge on any atom is 0.302 e. The topological polar surface area (TPSA) is 81.9 Å². The Labute approximate surface area is 156 Å². The molecule has 25 heavy (non-hydrogen) atoms. The lowest BCUT2D eigenvalue weighted by atomic mass is 10.0. The number of carbonyl (C=O) groups is 2. The zero-order chi connectivity index (χ0) is 17.9. The Morgan fingerprint density at radius 3 is 1.92 bits per heavy atom. The third-order valence-electron chi connectivity index (χ3n) is 3.66. The van der Waals surface area contributed by atoms with Crippen molar-refractivity contribution < 1.29 is 19.1 Å². The number of esters is 2. The van der Waals surface area contributed by atoms with Gasteiger partial charge in [-0.25, -0.2) is 0 Å². The summed E-state index contributed by atoms with van der Waals surface area (Å²) in [5, 5.41) is 0. The molecule has 0 heterocycles. The number of benzene rings is 1. The molecular formula is C18H29ClN2O4. The molecule has 1 rings (SSSR count). The minimum atomic E-state index is -0.307. The van der Waals surface area contributed by atoms with Crippen molar-refractivity contribution in [2.45, 2.75) is 39.7 Å². The highest BCUT2D eigenvalue weighted by Gasteiger charge is 2.09. The van der Waals surface area contributed by atoms with Crippen LogP contribution in [0.5, 0.6) is 0 Å². The molecule has 0 aliphatic carbocycles. The number of rotatable bonds is 10. The average molecular weight is 373 g/mol. The molecule has 1 aromatic rings. The van der Waals surface area contributed by atoms with Crippen molar-refractivity contribution in [3.63, 3.8) is 0 Å². The molecule has 7 heteroatoms. The lowest BCUT2D eigenvalue weighted by molar-refractivity contribution is -0.141. The number of nitrogens with two attached hydrogens (primary N) is 1. The second kappa shape index (κ2) is 12.6. The quantitative estimate of drug-likeness (QED) is 0.635. The van der Waals surface area contributed by atoms with Crippen LogP contribution in [0.25, 0.3) is 0 Å². The van der Waals surface area contributed by atoms with Crippen molar-refractivity contribution in [2.75, 3.05) is 31.2 Å². The first-order valence-electron chi connectivity index (χ1n) is 8.28. The molecule has 1 unspecified atom stereocenters. The number of anilines is 1. The second-order valence-electron chi connectivity index (χ2n) is 5.71. The smallest absolute Gasteiger partial charge is 0.302 e. The standard InChI is InChI=1S/C18H28N2O4.ClH/c1-4-17(19)13-16-5-7-18(8-6-16)20(9-11-23-14(2)21)10-12-24-15(3)22;/h5-8,17H,4,9-13,19H2,1-3H3;1H. The molecule has 0 spiro atoms. The van der Waals surface area contributed by atoms with Gasteiger partial charge in [0, 0.05) is 25.6 Å². The summed E-state index contributed by atoms with van der Waals surface area (Å²) >= 11 is 0. The predicted octanol–water partition coefficient (Wildman–Crippen LogP) is 2.32. The van der Waals surface area contributed by atoms with Crippen LogP contribution in [0, 0.1) is 0 Å².